The van der Waals surface area contributed by atoms with Gasteiger partial charge >= 0.3 is 0 Å². The molecule has 2 aromatic rings. The molecule has 17 heavy (non-hydrogen) atoms. The van der Waals surface area contributed by atoms with E-state index in [9.17, 15) is 4.79 Å². The summed E-state index contributed by atoms with van der Waals surface area (Å²) in [4.78, 5) is 17.3. The Hall–Kier alpha value is -2.60. The van der Waals surface area contributed by atoms with Crippen LogP contribution in [0.1, 0.15) is 10.5 Å². The predicted molar refractivity (Wildman–Crippen MR) is 66.3 cm³/mol. The van der Waals surface area contributed by atoms with Crippen LogP contribution in [0.4, 0.5) is 5.69 Å². The summed E-state index contributed by atoms with van der Waals surface area (Å²) in [5.41, 5.74) is 0.986. The maximum Gasteiger partial charge on any atom is 0.288 e. The predicted octanol–water partition coefficient (Wildman–Crippen LogP) is 2.32. The van der Waals surface area contributed by atoms with Crippen LogP contribution >= 0.6 is 0 Å². The number of para-hydroxylation sites is 1. The lowest BCUT2D eigenvalue weighted by Crippen LogP contribution is -2.26. The summed E-state index contributed by atoms with van der Waals surface area (Å²) in [6.07, 6.45) is 6.93. The third-order valence-corrected chi connectivity index (χ3v) is 2.23. The standard InChI is InChI=1S/C14H10N2O/c1-2-16(12-8-4-3-5-9-12)14(17)13-10-6-7-11-15-13/h1,3-11H. The average Bonchev–Trinajstić information content (AvgIpc) is 2.42. The molecule has 1 aromatic heterocycles. The quantitative estimate of drug-likeness (QED) is 0.577. The molecule has 0 spiro atoms. The minimum Gasteiger partial charge on any atom is -0.266 e. The first-order valence-electron chi connectivity index (χ1n) is 5.09. The van der Waals surface area contributed by atoms with Gasteiger partial charge in [0, 0.05) is 12.2 Å². The zero-order valence-electron chi connectivity index (χ0n) is 9.08. The number of carbonyl (C=O) groups excluding carboxylic acids is 1. The number of aromatic nitrogens is 1. The molecule has 0 aliphatic heterocycles. The first-order valence-corrected chi connectivity index (χ1v) is 5.09. The van der Waals surface area contributed by atoms with Gasteiger partial charge in [-0.25, -0.2) is 4.90 Å². The largest absolute Gasteiger partial charge is 0.288 e. The van der Waals surface area contributed by atoms with Crippen molar-refractivity contribution in [2.45, 2.75) is 0 Å². The number of amides is 1. The minimum atomic E-state index is -0.306. The van der Waals surface area contributed by atoms with Gasteiger partial charge < -0.3 is 0 Å². The van der Waals surface area contributed by atoms with Crippen LogP contribution in [0.2, 0.25) is 0 Å². The van der Waals surface area contributed by atoms with Gasteiger partial charge in [0.05, 0.1) is 5.69 Å². The highest BCUT2D eigenvalue weighted by Crippen LogP contribution is 2.14. The molecule has 1 aromatic carbocycles. The molecule has 0 unspecified atom stereocenters. The number of hydrogen-bond acceptors (Lipinski definition) is 2. The first kappa shape index (κ1) is 10.9. The molecule has 0 fully saturated rings. The van der Waals surface area contributed by atoms with E-state index in [1.165, 1.54) is 4.90 Å². The second kappa shape index (κ2) is 4.95. The van der Waals surface area contributed by atoms with Crippen molar-refractivity contribution in [1.82, 2.24) is 4.98 Å². The monoisotopic (exact) mass is 222 g/mol. The second-order valence-corrected chi connectivity index (χ2v) is 3.32. The van der Waals surface area contributed by atoms with Gasteiger partial charge in [-0.1, -0.05) is 30.7 Å². The Morgan fingerprint density at radius 2 is 1.82 bits per heavy atom. The number of terminal acetylenes is 1. The van der Waals surface area contributed by atoms with E-state index in [4.69, 9.17) is 6.42 Å². The Labute approximate surface area is 99.7 Å². The van der Waals surface area contributed by atoms with E-state index in [0.29, 0.717) is 11.4 Å². The zero-order valence-corrected chi connectivity index (χ0v) is 9.08. The maximum absolute atomic E-state index is 12.1. The molecule has 2 rings (SSSR count). The van der Waals surface area contributed by atoms with Gasteiger partial charge in [-0.3, -0.25) is 9.78 Å². The Morgan fingerprint density at radius 3 is 2.41 bits per heavy atom. The summed E-state index contributed by atoms with van der Waals surface area (Å²) in [6.45, 7) is 0. The molecule has 0 saturated carbocycles. The van der Waals surface area contributed by atoms with Crippen molar-refractivity contribution in [2.75, 3.05) is 4.90 Å². The fourth-order valence-electron chi connectivity index (χ4n) is 1.43. The van der Waals surface area contributed by atoms with Gasteiger partial charge in [0.25, 0.3) is 5.91 Å². The van der Waals surface area contributed by atoms with Crippen LogP contribution in [-0.2, 0) is 0 Å². The molecule has 1 heterocycles. The molecule has 0 aliphatic carbocycles. The second-order valence-electron chi connectivity index (χ2n) is 3.32. The summed E-state index contributed by atoms with van der Waals surface area (Å²) in [6, 6.07) is 16.6. The molecular weight excluding hydrogens is 212 g/mol. The molecule has 0 bridgehead atoms. The van der Waals surface area contributed by atoms with Crippen molar-refractivity contribution in [3.8, 4) is 12.5 Å². The molecule has 3 nitrogen and oxygen atoms in total. The van der Waals surface area contributed by atoms with Crippen LogP contribution in [-0.4, -0.2) is 10.9 Å². The summed E-state index contributed by atoms with van der Waals surface area (Å²) < 4.78 is 0. The summed E-state index contributed by atoms with van der Waals surface area (Å²) >= 11 is 0. The van der Waals surface area contributed by atoms with Crippen LogP contribution in [0.3, 0.4) is 0 Å². The van der Waals surface area contributed by atoms with Crippen LogP contribution in [0.5, 0.6) is 0 Å². The fraction of sp³-hybridized carbons (Fsp3) is 0. The average molecular weight is 222 g/mol. The zero-order chi connectivity index (χ0) is 12.1. The third kappa shape index (κ3) is 2.32. The van der Waals surface area contributed by atoms with Gasteiger partial charge in [0.2, 0.25) is 0 Å². The molecule has 0 aliphatic rings. The van der Waals surface area contributed by atoms with Crippen molar-refractivity contribution in [1.29, 1.82) is 0 Å². The number of pyridine rings is 1. The normalized spacial score (nSPS) is 9.35. The lowest BCUT2D eigenvalue weighted by Gasteiger charge is -2.14. The number of hydrogen-bond donors (Lipinski definition) is 0. The van der Waals surface area contributed by atoms with E-state index in [-0.39, 0.29) is 5.91 Å². The van der Waals surface area contributed by atoms with Gasteiger partial charge in [-0.05, 0) is 24.3 Å². The molecule has 0 N–H and O–H groups in total. The van der Waals surface area contributed by atoms with E-state index in [0.717, 1.165) is 0 Å². The lowest BCUT2D eigenvalue weighted by molar-refractivity contribution is 0.0995. The van der Waals surface area contributed by atoms with Gasteiger partial charge in [0.1, 0.15) is 5.69 Å². The Morgan fingerprint density at radius 1 is 1.12 bits per heavy atom. The highest BCUT2D eigenvalue weighted by molar-refractivity contribution is 6.06. The number of nitrogens with zero attached hydrogens (tertiary/aromatic N) is 2. The van der Waals surface area contributed by atoms with Gasteiger partial charge in [-0.2, -0.15) is 0 Å². The van der Waals surface area contributed by atoms with E-state index in [1.54, 1.807) is 36.5 Å². The lowest BCUT2D eigenvalue weighted by atomic mass is 10.2. The highest BCUT2D eigenvalue weighted by Gasteiger charge is 2.16. The van der Waals surface area contributed by atoms with Gasteiger partial charge in [0.15, 0.2) is 0 Å². The Kier molecular flexibility index (Phi) is 3.18. The van der Waals surface area contributed by atoms with Crippen LogP contribution in [0.15, 0.2) is 54.7 Å². The van der Waals surface area contributed by atoms with E-state index < -0.39 is 0 Å². The summed E-state index contributed by atoms with van der Waals surface area (Å²) in [5, 5.41) is 0. The molecule has 1 amide bonds. The number of rotatable bonds is 2. The molecule has 82 valence electrons. The van der Waals surface area contributed by atoms with Crippen molar-refractivity contribution >= 4 is 11.6 Å². The van der Waals surface area contributed by atoms with E-state index >= 15 is 0 Å². The van der Waals surface area contributed by atoms with Crippen molar-refractivity contribution in [3.63, 3.8) is 0 Å². The topological polar surface area (TPSA) is 33.2 Å². The van der Waals surface area contributed by atoms with Crippen LogP contribution in [0.25, 0.3) is 0 Å². The molecule has 0 radical (unpaired) electrons. The molecule has 3 heteroatoms. The van der Waals surface area contributed by atoms with E-state index in [2.05, 4.69) is 11.0 Å². The maximum atomic E-state index is 12.1. The fourth-order valence-corrected chi connectivity index (χ4v) is 1.43. The van der Waals surface area contributed by atoms with Gasteiger partial charge in [-0.15, -0.1) is 0 Å². The molecule has 0 atom stereocenters. The van der Waals surface area contributed by atoms with Crippen molar-refractivity contribution < 1.29 is 4.79 Å². The van der Waals surface area contributed by atoms with Crippen molar-refractivity contribution in [2.24, 2.45) is 0 Å². The van der Waals surface area contributed by atoms with E-state index in [1.807, 2.05) is 18.2 Å². The van der Waals surface area contributed by atoms with Crippen LogP contribution in [0, 0.1) is 12.5 Å². The summed E-state index contributed by atoms with van der Waals surface area (Å²) in [5.74, 6) is -0.306. The number of benzene rings is 1. The summed E-state index contributed by atoms with van der Waals surface area (Å²) in [7, 11) is 0. The molecular formula is C14H10N2O. The Balaban J connectivity index is 2.33. The SMILES string of the molecule is C#CN(C(=O)c1ccccn1)c1ccccc1. The first-order chi connectivity index (χ1) is 8.33. The smallest absolute Gasteiger partial charge is 0.266 e. The minimum absolute atomic E-state index is 0.306. The third-order valence-electron chi connectivity index (χ3n) is 2.23. The van der Waals surface area contributed by atoms with Crippen LogP contribution < -0.4 is 4.90 Å². The molecule has 0 saturated heterocycles. The highest BCUT2D eigenvalue weighted by atomic mass is 16.2. The number of carbonyl (C=O) groups is 1. The Bertz CT molecular complexity index is 543. The number of anilines is 1. The van der Waals surface area contributed by atoms with Crippen molar-refractivity contribution in [3.05, 3.63) is 60.4 Å².